The quantitative estimate of drug-likeness (QED) is 0.880. The van der Waals surface area contributed by atoms with Gasteiger partial charge in [-0.15, -0.1) is 0 Å². The lowest BCUT2D eigenvalue weighted by molar-refractivity contribution is -0.141. The molecule has 1 unspecified atom stereocenters. The molecule has 2 aromatic carbocycles. The van der Waals surface area contributed by atoms with Gasteiger partial charge in [-0.25, -0.2) is 4.79 Å². The molecule has 0 heterocycles. The zero-order valence-electron chi connectivity index (χ0n) is 10.6. The Kier molecular flexibility index (Phi) is 3.80. The molecule has 19 heavy (non-hydrogen) atoms. The first-order chi connectivity index (χ1) is 9.08. The highest BCUT2D eigenvalue weighted by Crippen LogP contribution is 2.19. The van der Waals surface area contributed by atoms with Crippen molar-refractivity contribution in [1.82, 2.24) is 5.32 Å². The lowest BCUT2D eigenvalue weighted by atomic mass is 9.99. The van der Waals surface area contributed by atoms with E-state index in [1.165, 1.54) is 6.92 Å². The van der Waals surface area contributed by atoms with Crippen LogP contribution in [0, 0.1) is 0 Å². The smallest absolute Gasteiger partial charge is 0.326 e. The van der Waals surface area contributed by atoms with Crippen molar-refractivity contribution in [2.75, 3.05) is 0 Å². The molecule has 0 radical (unpaired) electrons. The minimum absolute atomic E-state index is 0.274. The average molecular weight is 257 g/mol. The molecule has 0 saturated heterocycles. The van der Waals surface area contributed by atoms with Gasteiger partial charge in [0.1, 0.15) is 6.04 Å². The van der Waals surface area contributed by atoms with Gasteiger partial charge < -0.3 is 10.4 Å². The predicted octanol–water partition coefficient (Wildman–Crippen LogP) is 1.97. The Morgan fingerprint density at radius 1 is 1.16 bits per heavy atom. The van der Waals surface area contributed by atoms with E-state index in [-0.39, 0.29) is 12.3 Å². The minimum atomic E-state index is -1.02. The van der Waals surface area contributed by atoms with Crippen molar-refractivity contribution in [2.24, 2.45) is 0 Å². The maximum Gasteiger partial charge on any atom is 0.326 e. The molecule has 1 atom stereocenters. The largest absolute Gasteiger partial charge is 0.480 e. The topological polar surface area (TPSA) is 66.4 Å². The van der Waals surface area contributed by atoms with E-state index in [0.717, 1.165) is 16.3 Å². The third kappa shape index (κ3) is 3.10. The van der Waals surface area contributed by atoms with E-state index >= 15 is 0 Å². The van der Waals surface area contributed by atoms with E-state index in [1.807, 2.05) is 42.5 Å². The number of fused-ring (bicyclic) bond motifs is 1. The lowest BCUT2D eigenvalue weighted by Crippen LogP contribution is -2.41. The van der Waals surface area contributed by atoms with Crippen LogP contribution in [0.4, 0.5) is 0 Å². The predicted molar refractivity (Wildman–Crippen MR) is 72.9 cm³/mol. The maximum absolute atomic E-state index is 11.2. The summed E-state index contributed by atoms with van der Waals surface area (Å²) in [5.41, 5.74) is 0.916. The van der Waals surface area contributed by atoms with Crippen molar-refractivity contribution in [3.63, 3.8) is 0 Å². The molecule has 0 fully saturated rings. The third-order valence-corrected chi connectivity index (χ3v) is 2.98. The van der Waals surface area contributed by atoms with E-state index in [1.54, 1.807) is 0 Å². The summed E-state index contributed by atoms with van der Waals surface area (Å²) in [6.45, 7) is 1.32. The minimum Gasteiger partial charge on any atom is -0.480 e. The van der Waals surface area contributed by atoms with Gasteiger partial charge >= 0.3 is 5.97 Å². The normalized spacial score (nSPS) is 12.1. The number of hydrogen-bond acceptors (Lipinski definition) is 2. The molecule has 0 saturated carbocycles. The van der Waals surface area contributed by atoms with E-state index in [4.69, 9.17) is 5.11 Å². The molecule has 4 heteroatoms. The summed E-state index contributed by atoms with van der Waals surface area (Å²) in [6.07, 6.45) is 0.274. The molecule has 0 bridgehead atoms. The highest BCUT2D eigenvalue weighted by Gasteiger charge is 2.19. The maximum atomic E-state index is 11.2. The molecule has 2 rings (SSSR count). The number of carboxylic acid groups (broad SMARTS) is 1. The van der Waals surface area contributed by atoms with Gasteiger partial charge in [-0.2, -0.15) is 0 Å². The van der Waals surface area contributed by atoms with Crippen molar-refractivity contribution >= 4 is 22.6 Å². The Hall–Kier alpha value is -2.36. The second kappa shape index (κ2) is 5.52. The molecule has 2 aromatic rings. The van der Waals surface area contributed by atoms with Gasteiger partial charge in [0.15, 0.2) is 0 Å². The number of nitrogens with one attached hydrogen (secondary N) is 1. The van der Waals surface area contributed by atoms with Crippen molar-refractivity contribution in [3.05, 3.63) is 48.0 Å². The van der Waals surface area contributed by atoms with E-state index < -0.39 is 12.0 Å². The molecule has 1 amide bonds. The van der Waals surface area contributed by atoms with Crippen molar-refractivity contribution in [3.8, 4) is 0 Å². The molecule has 0 aliphatic carbocycles. The number of carbonyl (C=O) groups excluding carboxylic acids is 1. The van der Waals surface area contributed by atoms with Gasteiger partial charge in [-0.05, 0) is 16.3 Å². The highest BCUT2D eigenvalue weighted by molar-refractivity contribution is 5.87. The van der Waals surface area contributed by atoms with Gasteiger partial charge in [0.25, 0.3) is 0 Å². The fourth-order valence-corrected chi connectivity index (χ4v) is 2.14. The van der Waals surface area contributed by atoms with Gasteiger partial charge in [-0.1, -0.05) is 42.5 Å². The second-order valence-electron chi connectivity index (χ2n) is 4.43. The fourth-order valence-electron chi connectivity index (χ4n) is 2.14. The van der Waals surface area contributed by atoms with Crippen molar-refractivity contribution in [2.45, 2.75) is 19.4 Å². The summed E-state index contributed by atoms with van der Waals surface area (Å²) in [5, 5.41) is 13.7. The Morgan fingerprint density at radius 2 is 1.84 bits per heavy atom. The van der Waals surface area contributed by atoms with Crippen LogP contribution in [-0.2, 0) is 16.0 Å². The van der Waals surface area contributed by atoms with Crippen LogP contribution < -0.4 is 5.32 Å². The van der Waals surface area contributed by atoms with E-state index in [0.29, 0.717) is 0 Å². The first kappa shape index (κ1) is 13.1. The second-order valence-corrected chi connectivity index (χ2v) is 4.43. The van der Waals surface area contributed by atoms with Crippen LogP contribution >= 0.6 is 0 Å². The molecule has 0 aliphatic heterocycles. The molecule has 4 nitrogen and oxygen atoms in total. The zero-order chi connectivity index (χ0) is 13.8. The van der Waals surface area contributed by atoms with Crippen LogP contribution in [0.25, 0.3) is 10.8 Å². The van der Waals surface area contributed by atoms with E-state index in [2.05, 4.69) is 5.32 Å². The van der Waals surface area contributed by atoms with Crippen molar-refractivity contribution in [1.29, 1.82) is 0 Å². The SMILES string of the molecule is CC(=O)NC(Cc1cccc2ccccc12)C(=O)O. The molecule has 0 aliphatic rings. The summed E-state index contributed by atoms with van der Waals surface area (Å²) in [4.78, 5) is 22.2. The number of hydrogen-bond donors (Lipinski definition) is 2. The number of rotatable bonds is 4. The third-order valence-electron chi connectivity index (χ3n) is 2.98. The number of amides is 1. The first-order valence-electron chi connectivity index (χ1n) is 6.04. The molecular weight excluding hydrogens is 242 g/mol. The Balaban J connectivity index is 2.33. The van der Waals surface area contributed by atoms with Crippen LogP contribution in [0.5, 0.6) is 0 Å². The Labute approximate surface area is 111 Å². The summed E-state index contributed by atoms with van der Waals surface area (Å²) in [7, 11) is 0. The van der Waals surface area contributed by atoms with Gasteiger partial charge in [0.2, 0.25) is 5.91 Å². The van der Waals surface area contributed by atoms with Gasteiger partial charge in [-0.3, -0.25) is 4.79 Å². The molecule has 0 spiro atoms. The van der Waals surface area contributed by atoms with Gasteiger partial charge in [0, 0.05) is 13.3 Å². The molecule has 0 aromatic heterocycles. The summed E-state index contributed by atoms with van der Waals surface area (Å²) in [6, 6.07) is 12.7. The summed E-state index contributed by atoms with van der Waals surface area (Å²) < 4.78 is 0. The fraction of sp³-hybridized carbons (Fsp3) is 0.200. The average Bonchev–Trinajstić information content (AvgIpc) is 2.37. The van der Waals surface area contributed by atoms with Crippen LogP contribution in [0.3, 0.4) is 0 Å². The highest BCUT2D eigenvalue weighted by atomic mass is 16.4. The van der Waals surface area contributed by atoms with Crippen LogP contribution in [-0.4, -0.2) is 23.0 Å². The number of aliphatic carboxylic acids is 1. The Bertz CT molecular complexity index is 616. The number of carbonyl (C=O) groups is 2. The Morgan fingerprint density at radius 3 is 2.53 bits per heavy atom. The van der Waals surface area contributed by atoms with Gasteiger partial charge in [0.05, 0.1) is 0 Å². The first-order valence-corrected chi connectivity index (χ1v) is 6.04. The standard InChI is InChI=1S/C15H15NO3/c1-10(17)16-14(15(18)19)9-12-7-4-6-11-5-2-3-8-13(11)12/h2-8,14H,9H2,1H3,(H,16,17)(H,18,19). The monoisotopic (exact) mass is 257 g/mol. The van der Waals surface area contributed by atoms with Crippen molar-refractivity contribution < 1.29 is 14.7 Å². The molecular formula is C15H15NO3. The zero-order valence-corrected chi connectivity index (χ0v) is 10.6. The molecule has 2 N–H and O–H groups in total. The van der Waals surface area contributed by atoms with Crippen LogP contribution in [0.15, 0.2) is 42.5 Å². The molecule has 98 valence electrons. The number of benzene rings is 2. The summed E-state index contributed by atoms with van der Waals surface area (Å²) >= 11 is 0. The lowest BCUT2D eigenvalue weighted by Gasteiger charge is -2.14. The van der Waals surface area contributed by atoms with E-state index in [9.17, 15) is 9.59 Å². The number of carboxylic acids is 1. The van der Waals surface area contributed by atoms with Crippen LogP contribution in [0.2, 0.25) is 0 Å². The van der Waals surface area contributed by atoms with Crippen LogP contribution in [0.1, 0.15) is 12.5 Å². The summed E-state index contributed by atoms with van der Waals surface area (Å²) in [5.74, 6) is -1.37.